The highest BCUT2D eigenvalue weighted by atomic mass is 32.1. The van der Waals surface area contributed by atoms with Crippen LogP contribution in [0.1, 0.15) is 24.1 Å². The molecule has 0 amide bonds. The predicted molar refractivity (Wildman–Crippen MR) is 140 cm³/mol. The molecule has 0 aliphatic carbocycles. The Morgan fingerprint density at radius 2 is 2.00 bits per heavy atom. The second kappa shape index (κ2) is 10.2. The molecule has 3 aromatic heterocycles. The molecule has 2 saturated heterocycles. The molecule has 2 aliphatic rings. The number of nitrogens with zero attached hydrogens (tertiary/aromatic N) is 5. The Hall–Kier alpha value is -2.59. The van der Waals surface area contributed by atoms with Gasteiger partial charge in [0.05, 0.1) is 35.1 Å². The fourth-order valence-corrected chi connectivity index (χ4v) is 6.41. The number of aromatic nitrogens is 4. The fraction of sp³-hybridized carbons (Fsp3) is 0.500. The Morgan fingerprint density at radius 3 is 2.83 bits per heavy atom. The van der Waals surface area contributed by atoms with Gasteiger partial charge in [-0.3, -0.25) is 10.00 Å². The molecule has 1 aromatic carbocycles. The number of thiophene rings is 1. The molecule has 0 unspecified atom stereocenters. The minimum absolute atomic E-state index is 0.731. The molecular formula is C26H32N6O2S. The van der Waals surface area contributed by atoms with Crippen molar-refractivity contribution in [2.45, 2.75) is 25.8 Å². The van der Waals surface area contributed by atoms with Gasteiger partial charge in [0, 0.05) is 49.2 Å². The molecule has 5 heterocycles. The Labute approximate surface area is 209 Å². The topological polar surface area (TPSA) is 79.4 Å². The molecule has 2 aliphatic heterocycles. The summed E-state index contributed by atoms with van der Waals surface area (Å²) < 4.78 is 12.1. The molecule has 0 spiro atoms. The monoisotopic (exact) mass is 492 g/mol. The Bertz CT molecular complexity index is 1290. The van der Waals surface area contributed by atoms with Crippen LogP contribution in [0.2, 0.25) is 0 Å². The van der Waals surface area contributed by atoms with Gasteiger partial charge in [-0.1, -0.05) is 12.1 Å². The van der Waals surface area contributed by atoms with Crippen LogP contribution < -0.4 is 4.90 Å². The number of methoxy groups -OCH3 is 1. The molecule has 0 bridgehead atoms. The molecule has 0 radical (unpaired) electrons. The van der Waals surface area contributed by atoms with Gasteiger partial charge >= 0.3 is 0 Å². The first-order valence-electron chi connectivity index (χ1n) is 12.6. The third-order valence-electron chi connectivity index (χ3n) is 7.26. The first-order valence-corrected chi connectivity index (χ1v) is 13.4. The minimum Gasteiger partial charge on any atom is -0.385 e. The maximum absolute atomic E-state index is 5.63. The number of H-pyrrole nitrogens is 1. The molecule has 9 heteroatoms. The number of rotatable bonds is 7. The van der Waals surface area contributed by atoms with Crippen LogP contribution in [-0.4, -0.2) is 78.2 Å². The number of hydrogen-bond donors (Lipinski definition) is 1. The van der Waals surface area contributed by atoms with Gasteiger partial charge in [0.2, 0.25) is 0 Å². The highest BCUT2D eigenvalue weighted by molar-refractivity contribution is 7.19. The second-order valence-corrected chi connectivity index (χ2v) is 10.7. The van der Waals surface area contributed by atoms with E-state index < -0.39 is 0 Å². The van der Waals surface area contributed by atoms with Crippen LogP contribution in [-0.2, 0) is 16.0 Å². The zero-order chi connectivity index (χ0) is 23.6. The first kappa shape index (κ1) is 22.8. The number of fused-ring (bicyclic) bond motifs is 2. The van der Waals surface area contributed by atoms with Gasteiger partial charge in [0.15, 0.2) is 11.6 Å². The van der Waals surface area contributed by atoms with Gasteiger partial charge < -0.3 is 14.4 Å². The van der Waals surface area contributed by atoms with Gasteiger partial charge in [-0.25, -0.2) is 9.97 Å². The summed E-state index contributed by atoms with van der Waals surface area (Å²) in [5.74, 6) is 2.58. The maximum atomic E-state index is 5.63. The van der Waals surface area contributed by atoms with E-state index in [1.54, 1.807) is 7.11 Å². The van der Waals surface area contributed by atoms with Gasteiger partial charge in [0.1, 0.15) is 0 Å². The summed E-state index contributed by atoms with van der Waals surface area (Å²) in [6.07, 6.45) is 5.55. The molecule has 35 heavy (non-hydrogen) atoms. The third-order valence-corrected chi connectivity index (χ3v) is 8.36. The molecule has 6 rings (SSSR count). The Balaban J connectivity index is 1.32. The van der Waals surface area contributed by atoms with E-state index in [4.69, 9.17) is 19.4 Å². The lowest BCUT2D eigenvalue weighted by molar-refractivity contribution is 0.122. The zero-order valence-corrected chi connectivity index (χ0v) is 21.0. The summed E-state index contributed by atoms with van der Waals surface area (Å²) >= 11 is 1.85. The standard InChI is InChI=1S/C26H32N6O2S/c1-33-12-7-18-5-8-31(9-6-18)17-19-15-23-24(35-19)26(32-10-13-34-14-11-32)29-25(28-23)20-3-2-4-22-21(20)16-27-30-22/h2-4,15-16,18H,5-14,17H2,1H3,(H,27,30). The van der Waals surface area contributed by atoms with E-state index in [0.29, 0.717) is 0 Å². The van der Waals surface area contributed by atoms with Gasteiger partial charge in [-0.05, 0) is 50.4 Å². The summed E-state index contributed by atoms with van der Waals surface area (Å²) in [4.78, 5) is 16.5. The number of aromatic amines is 1. The van der Waals surface area contributed by atoms with Crippen LogP contribution in [0.5, 0.6) is 0 Å². The SMILES string of the molecule is COCCC1CCN(Cc2cc3nc(-c4cccc5[nH]ncc45)nc(N4CCOCC4)c3s2)CC1. The number of benzene rings is 1. The zero-order valence-electron chi connectivity index (χ0n) is 20.2. The van der Waals surface area contributed by atoms with E-state index in [0.717, 1.165) is 92.1 Å². The van der Waals surface area contributed by atoms with Crippen LogP contribution in [0.3, 0.4) is 0 Å². The van der Waals surface area contributed by atoms with Crippen molar-refractivity contribution in [1.29, 1.82) is 0 Å². The van der Waals surface area contributed by atoms with Crippen molar-refractivity contribution in [3.05, 3.63) is 35.3 Å². The van der Waals surface area contributed by atoms with Crippen molar-refractivity contribution >= 4 is 38.3 Å². The van der Waals surface area contributed by atoms with Gasteiger partial charge in [-0.15, -0.1) is 11.3 Å². The smallest absolute Gasteiger partial charge is 0.162 e. The second-order valence-electron chi connectivity index (χ2n) is 9.54. The Morgan fingerprint density at radius 1 is 1.14 bits per heavy atom. The van der Waals surface area contributed by atoms with Crippen molar-refractivity contribution < 1.29 is 9.47 Å². The molecule has 184 valence electrons. The number of nitrogens with one attached hydrogen (secondary N) is 1. The lowest BCUT2D eigenvalue weighted by Crippen LogP contribution is -2.36. The normalized spacial score (nSPS) is 18.1. The molecule has 0 saturated carbocycles. The highest BCUT2D eigenvalue weighted by Crippen LogP contribution is 2.36. The van der Waals surface area contributed by atoms with Crippen LogP contribution in [0.4, 0.5) is 5.82 Å². The van der Waals surface area contributed by atoms with Crippen LogP contribution in [0.25, 0.3) is 32.5 Å². The summed E-state index contributed by atoms with van der Waals surface area (Å²) in [5, 5.41) is 8.35. The molecule has 0 atom stereocenters. The average Bonchev–Trinajstić information content (AvgIpc) is 3.55. The molecular weight excluding hydrogens is 460 g/mol. The number of hydrogen-bond acceptors (Lipinski definition) is 8. The van der Waals surface area contributed by atoms with Crippen molar-refractivity contribution in [2.24, 2.45) is 5.92 Å². The maximum Gasteiger partial charge on any atom is 0.162 e. The van der Waals surface area contributed by atoms with Crippen LogP contribution >= 0.6 is 11.3 Å². The lowest BCUT2D eigenvalue weighted by Gasteiger charge is -2.31. The molecule has 1 N–H and O–H groups in total. The third kappa shape index (κ3) is 4.78. The van der Waals surface area contributed by atoms with Crippen LogP contribution in [0, 0.1) is 5.92 Å². The van der Waals surface area contributed by atoms with Crippen molar-refractivity contribution in [1.82, 2.24) is 25.1 Å². The summed E-state index contributed by atoms with van der Waals surface area (Å²) in [6.45, 7) is 7.32. The summed E-state index contributed by atoms with van der Waals surface area (Å²) in [7, 11) is 1.80. The Kier molecular flexibility index (Phi) is 6.65. The lowest BCUT2D eigenvalue weighted by atomic mass is 9.94. The number of likely N-dealkylation sites (tertiary alicyclic amines) is 1. The van der Waals surface area contributed by atoms with Crippen molar-refractivity contribution in [3.8, 4) is 11.4 Å². The van der Waals surface area contributed by atoms with Crippen molar-refractivity contribution in [2.75, 3.05) is 58.0 Å². The largest absolute Gasteiger partial charge is 0.385 e. The molecule has 2 fully saturated rings. The van der Waals surface area contributed by atoms with Crippen LogP contribution in [0.15, 0.2) is 30.5 Å². The van der Waals surface area contributed by atoms with Crippen molar-refractivity contribution in [3.63, 3.8) is 0 Å². The average molecular weight is 493 g/mol. The summed E-state index contributed by atoms with van der Waals surface area (Å²) in [5.41, 5.74) is 3.05. The number of anilines is 1. The van der Waals surface area contributed by atoms with E-state index in [2.05, 4.69) is 32.1 Å². The van der Waals surface area contributed by atoms with Gasteiger partial charge in [-0.2, -0.15) is 5.10 Å². The van der Waals surface area contributed by atoms with E-state index in [-0.39, 0.29) is 0 Å². The first-order chi connectivity index (χ1) is 17.3. The minimum atomic E-state index is 0.731. The number of ether oxygens (including phenoxy) is 2. The molecule has 4 aromatic rings. The van der Waals surface area contributed by atoms with Gasteiger partial charge in [0.25, 0.3) is 0 Å². The van der Waals surface area contributed by atoms with E-state index in [1.807, 2.05) is 29.7 Å². The summed E-state index contributed by atoms with van der Waals surface area (Å²) in [6, 6.07) is 8.44. The number of piperidine rings is 1. The van der Waals surface area contributed by atoms with E-state index >= 15 is 0 Å². The fourth-order valence-electron chi connectivity index (χ4n) is 5.25. The van der Waals surface area contributed by atoms with E-state index in [9.17, 15) is 0 Å². The quantitative estimate of drug-likeness (QED) is 0.412. The number of morpholine rings is 1. The predicted octanol–water partition coefficient (Wildman–Crippen LogP) is 4.32. The highest BCUT2D eigenvalue weighted by Gasteiger charge is 2.23. The molecule has 8 nitrogen and oxygen atoms in total. The van der Waals surface area contributed by atoms with E-state index in [1.165, 1.54) is 28.8 Å².